The SMILES string of the molecule is CC(=O)Oc1ccc(C(=O)[C@@H]2[C@H](C(=O)c3ccccc3Cl)[C@]3(C(=O)Nc4ccccc43)[C@@H]3C=Cc4ccccc4N23)cc1. The number of benzene rings is 4. The minimum absolute atomic E-state index is 0.242. The van der Waals surface area contributed by atoms with Crippen molar-refractivity contribution >= 4 is 52.5 Å². The maximum atomic E-state index is 14.8. The molecule has 7 nitrogen and oxygen atoms in total. The fourth-order valence-corrected chi connectivity index (χ4v) is 7.20. The predicted molar refractivity (Wildman–Crippen MR) is 164 cm³/mol. The number of hydrogen-bond donors (Lipinski definition) is 1. The van der Waals surface area contributed by atoms with E-state index < -0.39 is 35.2 Å². The van der Waals surface area contributed by atoms with Gasteiger partial charge in [0.25, 0.3) is 0 Å². The predicted octanol–water partition coefficient (Wildman–Crippen LogP) is 6.12. The van der Waals surface area contributed by atoms with Crippen molar-refractivity contribution in [1.82, 2.24) is 0 Å². The molecule has 212 valence electrons. The van der Waals surface area contributed by atoms with Gasteiger partial charge in [0.05, 0.1) is 17.0 Å². The number of fused-ring (bicyclic) bond motifs is 6. The van der Waals surface area contributed by atoms with E-state index in [4.69, 9.17) is 16.3 Å². The number of carbonyl (C=O) groups excluding carboxylic acids is 4. The summed E-state index contributed by atoms with van der Waals surface area (Å²) >= 11 is 6.59. The van der Waals surface area contributed by atoms with E-state index in [-0.39, 0.29) is 22.3 Å². The molecule has 7 rings (SSSR count). The molecule has 3 aliphatic heterocycles. The minimum atomic E-state index is -1.44. The second kappa shape index (κ2) is 10.1. The molecule has 0 radical (unpaired) electrons. The van der Waals surface area contributed by atoms with Gasteiger partial charge < -0.3 is 15.0 Å². The van der Waals surface area contributed by atoms with Gasteiger partial charge in [-0.3, -0.25) is 19.2 Å². The lowest BCUT2D eigenvalue weighted by Crippen LogP contribution is -2.51. The third kappa shape index (κ3) is 3.96. The van der Waals surface area contributed by atoms with Gasteiger partial charge in [0.2, 0.25) is 5.91 Å². The summed E-state index contributed by atoms with van der Waals surface area (Å²) in [5, 5.41) is 3.26. The molecule has 1 saturated heterocycles. The minimum Gasteiger partial charge on any atom is -0.427 e. The Bertz CT molecular complexity index is 1870. The van der Waals surface area contributed by atoms with Crippen molar-refractivity contribution in [3.8, 4) is 5.75 Å². The number of para-hydroxylation sites is 2. The molecule has 3 aliphatic rings. The van der Waals surface area contributed by atoms with Crippen LogP contribution in [0.1, 0.15) is 38.8 Å². The van der Waals surface area contributed by atoms with Crippen LogP contribution in [0.4, 0.5) is 11.4 Å². The fraction of sp³-hybridized carbons (Fsp3) is 0.143. The Morgan fingerprint density at radius 3 is 2.33 bits per heavy atom. The van der Waals surface area contributed by atoms with Crippen LogP contribution in [-0.2, 0) is 15.0 Å². The zero-order chi connectivity index (χ0) is 29.9. The first-order chi connectivity index (χ1) is 20.8. The van der Waals surface area contributed by atoms with E-state index in [1.165, 1.54) is 6.92 Å². The Balaban J connectivity index is 1.49. The third-order valence-electron chi connectivity index (χ3n) is 8.63. The van der Waals surface area contributed by atoms with Crippen molar-refractivity contribution < 1.29 is 23.9 Å². The molecule has 0 saturated carbocycles. The maximum Gasteiger partial charge on any atom is 0.308 e. The van der Waals surface area contributed by atoms with Crippen LogP contribution in [0.5, 0.6) is 5.75 Å². The average molecular weight is 589 g/mol. The number of anilines is 2. The van der Waals surface area contributed by atoms with Crippen LogP contribution in [0.2, 0.25) is 5.02 Å². The Labute approximate surface area is 252 Å². The first kappa shape index (κ1) is 26.9. The van der Waals surface area contributed by atoms with Crippen LogP contribution in [0, 0.1) is 5.92 Å². The molecule has 4 aromatic rings. The van der Waals surface area contributed by atoms with Crippen LogP contribution in [0.25, 0.3) is 6.08 Å². The number of amides is 1. The van der Waals surface area contributed by atoms with Gasteiger partial charge in [-0.2, -0.15) is 0 Å². The molecule has 43 heavy (non-hydrogen) atoms. The van der Waals surface area contributed by atoms with Crippen molar-refractivity contribution in [1.29, 1.82) is 0 Å². The zero-order valence-corrected chi connectivity index (χ0v) is 23.7. The number of Topliss-reactive ketones (excluding diaryl/α,β-unsaturated/α-hetero) is 2. The van der Waals surface area contributed by atoms with E-state index >= 15 is 0 Å². The van der Waals surface area contributed by atoms with Gasteiger partial charge >= 0.3 is 5.97 Å². The molecule has 4 atom stereocenters. The van der Waals surface area contributed by atoms with E-state index in [1.807, 2.05) is 65.6 Å². The van der Waals surface area contributed by atoms with Crippen LogP contribution in [0.3, 0.4) is 0 Å². The normalized spacial score (nSPS) is 22.9. The van der Waals surface area contributed by atoms with Crippen molar-refractivity contribution in [2.75, 3.05) is 10.2 Å². The monoisotopic (exact) mass is 588 g/mol. The van der Waals surface area contributed by atoms with E-state index in [0.29, 0.717) is 22.6 Å². The molecule has 1 N–H and O–H groups in total. The summed E-state index contributed by atoms with van der Waals surface area (Å²) in [6.07, 6.45) is 3.87. The summed E-state index contributed by atoms with van der Waals surface area (Å²) in [5.74, 6) is -2.41. The summed E-state index contributed by atoms with van der Waals surface area (Å²) in [5.41, 5.74) is 2.00. The topological polar surface area (TPSA) is 92.8 Å². The summed E-state index contributed by atoms with van der Waals surface area (Å²) < 4.78 is 5.17. The highest BCUT2D eigenvalue weighted by Crippen LogP contribution is 2.58. The van der Waals surface area contributed by atoms with Crippen molar-refractivity contribution in [3.05, 3.63) is 130 Å². The second-order valence-corrected chi connectivity index (χ2v) is 11.3. The van der Waals surface area contributed by atoms with Gasteiger partial charge in [-0.25, -0.2) is 0 Å². The van der Waals surface area contributed by atoms with E-state index in [1.54, 1.807) is 48.5 Å². The van der Waals surface area contributed by atoms with Gasteiger partial charge in [0.1, 0.15) is 17.2 Å². The number of ketones is 2. The second-order valence-electron chi connectivity index (χ2n) is 10.9. The third-order valence-corrected chi connectivity index (χ3v) is 8.96. The van der Waals surface area contributed by atoms with Crippen LogP contribution >= 0.6 is 11.6 Å². The summed E-state index contributed by atoms with van der Waals surface area (Å²) in [4.78, 5) is 57.4. The first-order valence-corrected chi connectivity index (χ1v) is 14.3. The lowest BCUT2D eigenvalue weighted by molar-refractivity contribution is -0.131. The lowest BCUT2D eigenvalue weighted by atomic mass is 9.64. The number of hydrogen-bond acceptors (Lipinski definition) is 6. The number of nitrogens with zero attached hydrogens (tertiary/aromatic N) is 1. The van der Waals surface area contributed by atoms with Crippen LogP contribution < -0.4 is 15.0 Å². The van der Waals surface area contributed by atoms with Gasteiger partial charge in [-0.05, 0) is 59.7 Å². The molecule has 0 bridgehead atoms. The number of carbonyl (C=O) groups is 4. The quantitative estimate of drug-likeness (QED) is 0.171. The number of esters is 1. The molecule has 1 amide bonds. The maximum absolute atomic E-state index is 14.8. The Morgan fingerprint density at radius 2 is 1.56 bits per heavy atom. The summed E-state index contributed by atoms with van der Waals surface area (Å²) in [6, 6.07) is 26.2. The molecule has 0 unspecified atom stereocenters. The Hall–Kier alpha value is -5.01. The van der Waals surface area contributed by atoms with Gasteiger partial charge in [-0.15, -0.1) is 0 Å². The summed E-state index contributed by atoms with van der Waals surface area (Å²) in [6.45, 7) is 1.30. The average Bonchev–Trinajstić information content (AvgIpc) is 3.49. The molecule has 4 aromatic carbocycles. The van der Waals surface area contributed by atoms with Gasteiger partial charge in [-0.1, -0.05) is 72.3 Å². The molecule has 0 aromatic heterocycles. The number of rotatable bonds is 5. The first-order valence-electron chi connectivity index (χ1n) is 13.9. The molecule has 1 spiro atoms. The van der Waals surface area contributed by atoms with Crippen LogP contribution in [0.15, 0.2) is 103 Å². The number of ether oxygens (including phenoxy) is 1. The van der Waals surface area contributed by atoms with E-state index in [2.05, 4.69) is 5.32 Å². The van der Waals surface area contributed by atoms with E-state index in [0.717, 1.165) is 11.3 Å². The highest BCUT2D eigenvalue weighted by atomic mass is 35.5. The van der Waals surface area contributed by atoms with Crippen molar-refractivity contribution in [3.63, 3.8) is 0 Å². The van der Waals surface area contributed by atoms with Crippen molar-refractivity contribution in [2.45, 2.75) is 24.4 Å². The Morgan fingerprint density at radius 1 is 0.860 bits per heavy atom. The largest absolute Gasteiger partial charge is 0.427 e. The molecule has 0 aliphatic carbocycles. The fourth-order valence-electron chi connectivity index (χ4n) is 6.97. The standard InChI is InChI=1S/C35H25ClN2O5/c1-20(39)43-23-17-14-22(15-18-23)32(40)31-30(33(41)24-9-3-5-11-26(24)36)35(25-10-4-6-12-27(25)37-34(35)42)29-19-16-21-8-2-7-13-28(21)38(29)31/h2-19,29-31H,1H3,(H,37,42)/t29-,30+,31-,35+/m0/s1. The molecular weight excluding hydrogens is 564 g/mol. The van der Waals surface area contributed by atoms with Gasteiger partial charge in [0.15, 0.2) is 11.6 Å². The highest BCUT2D eigenvalue weighted by molar-refractivity contribution is 6.34. The summed E-state index contributed by atoms with van der Waals surface area (Å²) in [7, 11) is 0. The van der Waals surface area contributed by atoms with Crippen LogP contribution in [-0.4, -0.2) is 35.5 Å². The van der Waals surface area contributed by atoms with Crippen molar-refractivity contribution in [2.24, 2.45) is 5.92 Å². The molecule has 3 heterocycles. The number of nitrogens with one attached hydrogen (secondary N) is 1. The highest BCUT2D eigenvalue weighted by Gasteiger charge is 2.70. The van der Waals surface area contributed by atoms with Gasteiger partial charge in [0, 0.05) is 29.4 Å². The smallest absolute Gasteiger partial charge is 0.308 e. The molecule has 8 heteroatoms. The van der Waals surface area contributed by atoms with E-state index in [9.17, 15) is 19.2 Å². The molecular formula is C35H25ClN2O5. The number of halogens is 1. The Kier molecular flexibility index (Phi) is 6.29. The molecule has 1 fully saturated rings. The lowest BCUT2D eigenvalue weighted by Gasteiger charge is -2.37. The zero-order valence-electron chi connectivity index (χ0n) is 23.0.